The summed E-state index contributed by atoms with van der Waals surface area (Å²) in [6.45, 7) is 1.94. The standard InChI is InChI=1S/C10H11N3O3/c1-2-3-6-7(10(15)16)4-13-8(6)9(14)11-5-12-13/h4-5H,2-3H2,1H3,(H,15,16)(H,11,12,14). The summed E-state index contributed by atoms with van der Waals surface area (Å²) >= 11 is 0. The molecule has 0 aromatic carbocycles. The van der Waals surface area contributed by atoms with Crippen molar-refractivity contribution in [2.24, 2.45) is 0 Å². The number of aryl methyl sites for hydroxylation is 1. The fourth-order valence-electron chi connectivity index (χ4n) is 1.74. The van der Waals surface area contributed by atoms with Crippen LogP contribution in [0, 0.1) is 0 Å². The molecule has 2 N–H and O–H groups in total. The summed E-state index contributed by atoms with van der Waals surface area (Å²) in [5.74, 6) is -1.21. The Morgan fingerprint density at radius 3 is 2.94 bits per heavy atom. The van der Waals surface area contributed by atoms with E-state index in [-0.39, 0.29) is 11.4 Å². The van der Waals surface area contributed by atoms with Crippen LogP contribution < -0.4 is 0 Å². The first-order valence-electron chi connectivity index (χ1n) is 4.92. The van der Waals surface area contributed by atoms with Gasteiger partial charge in [-0.25, -0.2) is 9.31 Å². The number of hydrogen-bond donors (Lipinski definition) is 2. The molecule has 0 unspecified atom stereocenters. The van der Waals surface area contributed by atoms with Gasteiger partial charge >= 0.3 is 5.97 Å². The Kier molecular flexibility index (Phi) is 2.47. The molecule has 2 aromatic rings. The second kappa shape index (κ2) is 3.80. The van der Waals surface area contributed by atoms with Crippen molar-refractivity contribution in [1.82, 2.24) is 14.6 Å². The zero-order valence-corrected chi connectivity index (χ0v) is 8.71. The monoisotopic (exact) mass is 221 g/mol. The predicted octanol–water partition coefficient (Wildman–Crippen LogP) is 1.09. The van der Waals surface area contributed by atoms with Crippen LogP contribution in [0.2, 0.25) is 0 Å². The molecule has 2 heterocycles. The molecule has 0 aliphatic carbocycles. The maximum atomic E-state index is 11.0. The van der Waals surface area contributed by atoms with Crippen molar-refractivity contribution < 1.29 is 15.0 Å². The van der Waals surface area contributed by atoms with Crippen LogP contribution in [-0.2, 0) is 6.42 Å². The summed E-state index contributed by atoms with van der Waals surface area (Å²) in [7, 11) is 0. The van der Waals surface area contributed by atoms with Crippen molar-refractivity contribution in [3.8, 4) is 5.88 Å². The lowest BCUT2D eigenvalue weighted by Crippen LogP contribution is -1.98. The second-order valence-corrected chi connectivity index (χ2v) is 3.45. The quantitative estimate of drug-likeness (QED) is 0.809. The molecule has 16 heavy (non-hydrogen) atoms. The maximum absolute atomic E-state index is 11.0. The lowest BCUT2D eigenvalue weighted by atomic mass is 10.1. The molecular formula is C10H11N3O3. The molecule has 0 fully saturated rings. The first-order chi connectivity index (χ1) is 7.65. The minimum Gasteiger partial charge on any atom is -0.492 e. The number of aromatic nitrogens is 3. The average molecular weight is 221 g/mol. The first kappa shape index (κ1) is 10.4. The highest BCUT2D eigenvalue weighted by Crippen LogP contribution is 2.25. The molecule has 0 bridgehead atoms. The molecular weight excluding hydrogens is 210 g/mol. The fraction of sp³-hybridized carbons (Fsp3) is 0.300. The average Bonchev–Trinajstić information content (AvgIpc) is 2.59. The molecule has 6 nitrogen and oxygen atoms in total. The van der Waals surface area contributed by atoms with Crippen molar-refractivity contribution in [1.29, 1.82) is 0 Å². The topological polar surface area (TPSA) is 87.7 Å². The van der Waals surface area contributed by atoms with Gasteiger partial charge in [-0.15, -0.1) is 0 Å². The van der Waals surface area contributed by atoms with Crippen molar-refractivity contribution in [2.45, 2.75) is 19.8 Å². The van der Waals surface area contributed by atoms with Gasteiger partial charge in [-0.2, -0.15) is 10.1 Å². The third kappa shape index (κ3) is 1.48. The fourth-order valence-corrected chi connectivity index (χ4v) is 1.74. The largest absolute Gasteiger partial charge is 0.492 e. The second-order valence-electron chi connectivity index (χ2n) is 3.45. The van der Waals surface area contributed by atoms with E-state index in [1.807, 2.05) is 6.92 Å². The first-order valence-corrected chi connectivity index (χ1v) is 4.92. The number of carbonyl (C=O) groups is 1. The normalized spacial score (nSPS) is 10.8. The van der Waals surface area contributed by atoms with Crippen LogP contribution in [0.15, 0.2) is 12.5 Å². The zero-order valence-electron chi connectivity index (χ0n) is 8.71. The molecule has 0 aliphatic rings. The third-order valence-corrected chi connectivity index (χ3v) is 2.39. The van der Waals surface area contributed by atoms with Crippen LogP contribution in [0.25, 0.3) is 5.52 Å². The van der Waals surface area contributed by atoms with E-state index in [1.54, 1.807) is 0 Å². The van der Waals surface area contributed by atoms with E-state index in [2.05, 4.69) is 10.1 Å². The molecule has 2 rings (SSSR count). The smallest absolute Gasteiger partial charge is 0.337 e. The van der Waals surface area contributed by atoms with Gasteiger partial charge in [0, 0.05) is 6.20 Å². The minimum atomic E-state index is -1.02. The Labute approximate surface area is 91.2 Å². The lowest BCUT2D eigenvalue weighted by Gasteiger charge is -2.00. The van der Waals surface area contributed by atoms with Gasteiger partial charge in [-0.05, 0) is 12.0 Å². The number of carboxylic acids is 1. The van der Waals surface area contributed by atoms with Gasteiger partial charge in [-0.1, -0.05) is 13.3 Å². The van der Waals surface area contributed by atoms with E-state index in [9.17, 15) is 9.90 Å². The van der Waals surface area contributed by atoms with Gasteiger partial charge in [0.2, 0.25) is 5.88 Å². The number of aromatic carboxylic acids is 1. The zero-order chi connectivity index (χ0) is 11.7. The van der Waals surface area contributed by atoms with Crippen molar-refractivity contribution in [3.05, 3.63) is 23.7 Å². The van der Waals surface area contributed by atoms with E-state index in [0.29, 0.717) is 17.5 Å². The summed E-state index contributed by atoms with van der Waals surface area (Å²) in [5, 5.41) is 22.5. The van der Waals surface area contributed by atoms with Crippen molar-refractivity contribution in [2.75, 3.05) is 0 Å². The van der Waals surface area contributed by atoms with E-state index in [4.69, 9.17) is 5.11 Å². The molecule has 0 saturated carbocycles. The molecule has 0 atom stereocenters. The maximum Gasteiger partial charge on any atom is 0.337 e. The van der Waals surface area contributed by atoms with E-state index < -0.39 is 5.97 Å². The van der Waals surface area contributed by atoms with E-state index in [0.717, 1.165) is 6.42 Å². The van der Waals surface area contributed by atoms with Gasteiger partial charge in [0.1, 0.15) is 11.8 Å². The summed E-state index contributed by atoms with van der Waals surface area (Å²) in [6, 6.07) is 0. The van der Waals surface area contributed by atoms with Crippen LogP contribution in [0.5, 0.6) is 5.88 Å². The van der Waals surface area contributed by atoms with Crippen LogP contribution in [0.4, 0.5) is 0 Å². The molecule has 2 aromatic heterocycles. The molecule has 0 radical (unpaired) electrons. The summed E-state index contributed by atoms with van der Waals surface area (Å²) < 4.78 is 1.34. The number of carboxylic acid groups (broad SMARTS) is 1. The summed E-state index contributed by atoms with van der Waals surface area (Å²) in [6.07, 6.45) is 3.93. The van der Waals surface area contributed by atoms with Gasteiger partial charge in [0.25, 0.3) is 0 Å². The Bertz CT molecular complexity index is 547. The highest BCUT2D eigenvalue weighted by molar-refractivity contribution is 5.93. The van der Waals surface area contributed by atoms with Crippen LogP contribution >= 0.6 is 0 Å². The van der Waals surface area contributed by atoms with Crippen LogP contribution in [0.3, 0.4) is 0 Å². The minimum absolute atomic E-state index is 0.164. The molecule has 6 heteroatoms. The number of fused-ring (bicyclic) bond motifs is 1. The van der Waals surface area contributed by atoms with E-state index in [1.165, 1.54) is 17.0 Å². The third-order valence-electron chi connectivity index (χ3n) is 2.39. The van der Waals surface area contributed by atoms with Crippen molar-refractivity contribution in [3.63, 3.8) is 0 Å². The number of hydrogen-bond acceptors (Lipinski definition) is 4. The van der Waals surface area contributed by atoms with Gasteiger partial charge < -0.3 is 10.2 Å². The highest BCUT2D eigenvalue weighted by atomic mass is 16.4. The van der Waals surface area contributed by atoms with Crippen LogP contribution in [0.1, 0.15) is 29.3 Å². The van der Waals surface area contributed by atoms with Gasteiger partial charge in [-0.3, -0.25) is 0 Å². The summed E-state index contributed by atoms with van der Waals surface area (Å²) in [4.78, 5) is 14.7. The number of aromatic hydroxyl groups is 1. The SMILES string of the molecule is CCCc1c(C(=O)O)cn2ncnc(O)c12. The predicted molar refractivity (Wildman–Crippen MR) is 55.6 cm³/mol. The Balaban J connectivity index is 2.77. The van der Waals surface area contributed by atoms with Gasteiger partial charge in [0.05, 0.1) is 5.56 Å². The number of rotatable bonds is 3. The molecule has 0 aliphatic heterocycles. The Morgan fingerprint density at radius 2 is 2.31 bits per heavy atom. The summed E-state index contributed by atoms with van der Waals surface area (Å²) in [5.41, 5.74) is 1.12. The molecule has 0 amide bonds. The highest BCUT2D eigenvalue weighted by Gasteiger charge is 2.19. The number of nitrogens with zero attached hydrogens (tertiary/aromatic N) is 3. The molecule has 0 saturated heterocycles. The Morgan fingerprint density at radius 1 is 1.56 bits per heavy atom. The lowest BCUT2D eigenvalue weighted by molar-refractivity contribution is 0.0696. The Hall–Kier alpha value is -2.11. The van der Waals surface area contributed by atoms with Crippen molar-refractivity contribution >= 4 is 11.5 Å². The molecule has 0 spiro atoms. The molecule has 84 valence electrons. The van der Waals surface area contributed by atoms with Crippen LogP contribution in [-0.4, -0.2) is 30.8 Å². The van der Waals surface area contributed by atoms with Gasteiger partial charge in [0.15, 0.2) is 0 Å². The van der Waals surface area contributed by atoms with E-state index >= 15 is 0 Å².